The van der Waals surface area contributed by atoms with E-state index < -0.39 is 20.8 Å². The van der Waals surface area contributed by atoms with Gasteiger partial charge in [-0.2, -0.15) is 0 Å². The number of phenols is 1. The molecule has 0 aromatic heterocycles. The van der Waals surface area contributed by atoms with Gasteiger partial charge in [-0.05, 0) is 61.8 Å². The molecule has 2 nitrogen and oxygen atoms in total. The third-order valence-corrected chi connectivity index (χ3v) is 4.78. The van der Waals surface area contributed by atoms with Crippen LogP contribution in [0.25, 0.3) is 11.1 Å². The van der Waals surface area contributed by atoms with Crippen molar-refractivity contribution in [3.8, 4) is 16.9 Å². The number of benzene rings is 2. The van der Waals surface area contributed by atoms with Crippen LogP contribution in [0.1, 0.15) is 43.7 Å². The Bertz CT molecular complexity index is 713. The number of aliphatic imine (C=N–C) groups is 1. The van der Waals surface area contributed by atoms with Crippen molar-refractivity contribution in [2.45, 2.75) is 45.6 Å². The topological polar surface area (TPSA) is 32.6 Å². The molecule has 3 rings (SSSR count). The van der Waals surface area contributed by atoms with Gasteiger partial charge in [-0.25, -0.2) is 0 Å². The molecule has 0 heterocycles. The summed E-state index contributed by atoms with van der Waals surface area (Å²) in [6, 6.07) is 14.5. The Morgan fingerprint density at radius 2 is 1.69 bits per heavy atom. The van der Waals surface area contributed by atoms with E-state index in [1.807, 2.05) is 48.7 Å². The second kappa shape index (κ2) is 11.3. The summed E-state index contributed by atoms with van der Waals surface area (Å²) in [4.78, 5) is 4.74. The van der Waals surface area contributed by atoms with Crippen LogP contribution >= 0.6 is 17.0 Å². The molecule has 0 spiro atoms. The number of aryl methyl sites for hydroxylation is 1. The number of aromatic hydroxyl groups is 1. The van der Waals surface area contributed by atoms with Gasteiger partial charge in [-0.3, -0.25) is 4.99 Å². The maximum atomic E-state index is 10.6. The second-order valence-corrected chi connectivity index (χ2v) is 10.6. The molecule has 2 aromatic carbocycles. The molecule has 0 aliphatic heterocycles. The van der Waals surface area contributed by atoms with Gasteiger partial charge in [0.1, 0.15) is 5.75 Å². The van der Waals surface area contributed by atoms with Crippen LogP contribution in [0, 0.1) is 12.8 Å². The van der Waals surface area contributed by atoms with Crippen LogP contribution in [0.2, 0.25) is 0 Å². The summed E-state index contributed by atoms with van der Waals surface area (Å²) in [5, 5.41) is 10.6. The fraction of sp³-hybridized carbons (Fsp3) is 0.381. The summed E-state index contributed by atoms with van der Waals surface area (Å²) >= 11 is -0.826. The molecule has 1 fully saturated rings. The van der Waals surface area contributed by atoms with Crippen molar-refractivity contribution in [1.82, 2.24) is 0 Å². The fourth-order valence-electron chi connectivity index (χ4n) is 3.32. The monoisotopic (exact) mass is 467 g/mol. The van der Waals surface area contributed by atoms with Crippen LogP contribution < -0.4 is 0 Å². The van der Waals surface area contributed by atoms with E-state index in [4.69, 9.17) is 22.0 Å². The van der Waals surface area contributed by atoms with Crippen LogP contribution in [-0.2, 0) is 20.8 Å². The minimum absolute atomic E-state index is 0.328. The molecule has 0 radical (unpaired) electrons. The Labute approximate surface area is 175 Å². The summed E-state index contributed by atoms with van der Waals surface area (Å²) in [5.74, 6) is 1.16. The molecule has 138 valence electrons. The third kappa shape index (κ3) is 6.52. The van der Waals surface area contributed by atoms with Gasteiger partial charge >= 0.3 is 37.9 Å². The van der Waals surface area contributed by atoms with E-state index in [2.05, 4.69) is 13.8 Å². The molecule has 0 saturated heterocycles. The van der Waals surface area contributed by atoms with Crippen molar-refractivity contribution in [2.24, 2.45) is 10.9 Å². The Morgan fingerprint density at radius 3 is 2.31 bits per heavy atom. The number of phenolic OH excluding ortho intramolecular Hbond substituents is 1. The Morgan fingerprint density at radius 1 is 1.08 bits per heavy atom. The van der Waals surface area contributed by atoms with E-state index in [9.17, 15) is 5.11 Å². The molecule has 1 aliphatic rings. The van der Waals surface area contributed by atoms with Crippen molar-refractivity contribution in [3.63, 3.8) is 0 Å². The van der Waals surface area contributed by atoms with E-state index in [0.29, 0.717) is 11.8 Å². The van der Waals surface area contributed by atoms with Crippen molar-refractivity contribution < 1.29 is 26.0 Å². The van der Waals surface area contributed by atoms with E-state index in [-0.39, 0.29) is 0 Å². The van der Waals surface area contributed by atoms with E-state index in [0.717, 1.165) is 41.0 Å². The SMILES string of the molecule is Cc1cc(C=NC2CCC(C)CC2)c(O)c(-c2ccccc2)c1.[Cl][Zr][Cl]. The van der Waals surface area contributed by atoms with Gasteiger partial charge in [0.05, 0.1) is 0 Å². The molecule has 5 heteroatoms. The van der Waals surface area contributed by atoms with Crippen LogP contribution in [0.5, 0.6) is 5.75 Å². The molecular weight excluding hydrogens is 444 g/mol. The Balaban J connectivity index is 0.000000758. The molecule has 1 N–H and O–H groups in total. The van der Waals surface area contributed by atoms with E-state index >= 15 is 0 Å². The van der Waals surface area contributed by atoms with Crippen molar-refractivity contribution in [1.29, 1.82) is 0 Å². The van der Waals surface area contributed by atoms with Gasteiger partial charge in [0.25, 0.3) is 0 Å². The molecule has 0 atom stereocenters. The number of hydrogen-bond donors (Lipinski definition) is 1. The minimum atomic E-state index is -0.826. The summed E-state index contributed by atoms with van der Waals surface area (Å²) in [6.45, 7) is 4.38. The third-order valence-electron chi connectivity index (χ3n) is 4.78. The standard InChI is InChI=1S/C21H25NO.2ClH.Zr/c1-15-8-10-19(11-9-15)22-14-18-12-16(2)13-20(21(18)23)17-6-4-3-5-7-17;;;/h3-7,12-15,19,23H,8-11H2,1-2H3;2*1H;/q;;;+2/p-2. The van der Waals surface area contributed by atoms with Gasteiger partial charge in [0, 0.05) is 23.4 Å². The fourth-order valence-corrected chi connectivity index (χ4v) is 3.32. The molecule has 2 aromatic rings. The number of hydrogen-bond acceptors (Lipinski definition) is 2. The molecule has 1 saturated carbocycles. The van der Waals surface area contributed by atoms with E-state index in [1.165, 1.54) is 12.8 Å². The first-order valence-corrected chi connectivity index (χ1v) is 15.3. The number of halogens is 2. The molecule has 0 unspecified atom stereocenters. The zero-order valence-electron chi connectivity index (χ0n) is 15.3. The number of rotatable bonds is 3. The zero-order chi connectivity index (χ0) is 18.9. The summed E-state index contributed by atoms with van der Waals surface area (Å²) in [7, 11) is 9.87. The summed E-state index contributed by atoms with van der Waals surface area (Å²) in [6.07, 6.45) is 6.72. The summed E-state index contributed by atoms with van der Waals surface area (Å²) in [5.41, 5.74) is 3.88. The summed E-state index contributed by atoms with van der Waals surface area (Å²) < 4.78 is 0. The maximum absolute atomic E-state index is 10.6. The predicted molar refractivity (Wildman–Crippen MR) is 109 cm³/mol. The van der Waals surface area contributed by atoms with Crippen molar-refractivity contribution >= 4 is 23.2 Å². The first-order valence-electron chi connectivity index (χ1n) is 8.93. The van der Waals surface area contributed by atoms with Gasteiger partial charge in [-0.1, -0.05) is 37.3 Å². The van der Waals surface area contributed by atoms with Gasteiger partial charge in [0.15, 0.2) is 0 Å². The predicted octanol–water partition coefficient (Wildman–Crippen LogP) is 6.74. The average molecular weight is 470 g/mol. The van der Waals surface area contributed by atoms with E-state index in [1.54, 1.807) is 0 Å². The molecule has 26 heavy (non-hydrogen) atoms. The van der Waals surface area contributed by atoms with Gasteiger partial charge in [-0.15, -0.1) is 0 Å². The van der Waals surface area contributed by atoms with Crippen LogP contribution in [0.15, 0.2) is 47.5 Å². The Kier molecular flexibility index (Phi) is 9.39. The van der Waals surface area contributed by atoms with Crippen LogP contribution in [-0.4, -0.2) is 17.4 Å². The molecular formula is C21H25Cl2NOZr. The Hall–Kier alpha value is -0.627. The van der Waals surface area contributed by atoms with Gasteiger partial charge < -0.3 is 5.11 Å². The van der Waals surface area contributed by atoms with Crippen LogP contribution in [0.4, 0.5) is 0 Å². The number of nitrogens with zero attached hydrogens (tertiary/aromatic N) is 1. The molecule has 0 bridgehead atoms. The first kappa shape index (κ1) is 21.7. The quantitative estimate of drug-likeness (QED) is 0.496. The average Bonchev–Trinajstić information content (AvgIpc) is 2.65. The van der Waals surface area contributed by atoms with Gasteiger partial charge in [0.2, 0.25) is 0 Å². The second-order valence-electron chi connectivity index (χ2n) is 6.88. The van der Waals surface area contributed by atoms with Crippen molar-refractivity contribution in [2.75, 3.05) is 0 Å². The van der Waals surface area contributed by atoms with Crippen molar-refractivity contribution in [3.05, 3.63) is 53.6 Å². The zero-order valence-corrected chi connectivity index (χ0v) is 19.2. The van der Waals surface area contributed by atoms with Crippen LogP contribution in [0.3, 0.4) is 0 Å². The molecule has 1 aliphatic carbocycles. The first-order chi connectivity index (χ1) is 12.5. The normalized spacial score (nSPS) is 19.7. The molecule has 0 amide bonds.